The first-order valence-corrected chi connectivity index (χ1v) is 13.5. The quantitative estimate of drug-likeness (QED) is 0.278. The molecule has 2 heterocycles. The van der Waals surface area contributed by atoms with Crippen LogP contribution >= 0.6 is 11.3 Å². The van der Waals surface area contributed by atoms with Crippen LogP contribution in [0.3, 0.4) is 0 Å². The Balaban J connectivity index is 1.65. The molecule has 3 aromatic rings. The van der Waals surface area contributed by atoms with Crippen LogP contribution in [-0.4, -0.2) is 75.1 Å². The highest BCUT2D eigenvalue weighted by Crippen LogP contribution is 2.36. The first-order valence-electron chi connectivity index (χ1n) is 12.6. The lowest BCUT2D eigenvalue weighted by molar-refractivity contribution is -0.218. The Labute approximate surface area is 234 Å². The van der Waals surface area contributed by atoms with E-state index < -0.39 is 54.9 Å². The van der Waals surface area contributed by atoms with Crippen LogP contribution in [0.4, 0.5) is 0 Å². The first-order chi connectivity index (χ1) is 19.1. The maximum atomic E-state index is 13.6. The summed E-state index contributed by atoms with van der Waals surface area (Å²) in [7, 11) is 0. The van der Waals surface area contributed by atoms with Crippen LogP contribution < -0.4 is 0 Å². The smallest absolute Gasteiger partial charge is 0.377 e. The highest BCUT2D eigenvalue weighted by Gasteiger charge is 2.58. The van der Waals surface area contributed by atoms with Gasteiger partial charge in [0.25, 0.3) is 5.91 Å². The van der Waals surface area contributed by atoms with Crippen LogP contribution in [0.1, 0.15) is 30.4 Å². The first kappa shape index (κ1) is 28.9. The molecule has 1 aromatic heterocycles. The van der Waals surface area contributed by atoms with Crippen molar-refractivity contribution >= 4 is 35.2 Å². The molecule has 0 bridgehead atoms. The third-order valence-electron chi connectivity index (χ3n) is 6.94. The van der Waals surface area contributed by atoms with Gasteiger partial charge in [-0.05, 0) is 47.9 Å². The highest BCUT2D eigenvalue weighted by atomic mass is 32.1. The van der Waals surface area contributed by atoms with Gasteiger partial charge < -0.3 is 29.7 Å². The van der Waals surface area contributed by atoms with E-state index in [0.29, 0.717) is 12.8 Å². The Bertz CT molecular complexity index is 1340. The molecule has 3 N–H and O–H groups in total. The number of aryl methyl sites for hydroxylation is 1. The summed E-state index contributed by atoms with van der Waals surface area (Å²) >= 11 is 1.54. The minimum Gasteiger partial charge on any atom is -0.480 e. The van der Waals surface area contributed by atoms with E-state index in [1.54, 1.807) is 18.3 Å². The van der Waals surface area contributed by atoms with Crippen molar-refractivity contribution in [3.63, 3.8) is 0 Å². The summed E-state index contributed by atoms with van der Waals surface area (Å²) in [5, 5.41) is 30.4. The number of carbonyl (C=O) groups is 4. The van der Waals surface area contributed by atoms with Crippen molar-refractivity contribution in [3.8, 4) is 10.4 Å². The SMILES string of the molecule is CC(C(CCc1ccccc1)c1csc(-c2ccccc2)c1)N(CC(=O)O)C(=O)C1COC(C(=O)O)(C(=O)O)O1. The van der Waals surface area contributed by atoms with Crippen molar-refractivity contribution in [2.45, 2.75) is 43.6 Å². The molecule has 210 valence electrons. The summed E-state index contributed by atoms with van der Waals surface area (Å²) in [6.45, 7) is 0.393. The molecular weight excluding hydrogens is 538 g/mol. The van der Waals surface area contributed by atoms with Crippen molar-refractivity contribution in [3.05, 3.63) is 83.2 Å². The largest absolute Gasteiger partial charge is 0.480 e. The summed E-state index contributed by atoms with van der Waals surface area (Å²) in [6, 6.07) is 20.9. The number of hydrogen-bond donors (Lipinski definition) is 3. The van der Waals surface area contributed by atoms with Gasteiger partial charge in [-0.3, -0.25) is 9.59 Å². The molecule has 0 saturated carbocycles. The summed E-state index contributed by atoms with van der Waals surface area (Å²) in [4.78, 5) is 50.7. The topological polar surface area (TPSA) is 151 Å². The van der Waals surface area contributed by atoms with Crippen molar-refractivity contribution in [2.75, 3.05) is 13.2 Å². The number of carboxylic acid groups (broad SMARTS) is 3. The summed E-state index contributed by atoms with van der Waals surface area (Å²) in [5.74, 6) is -9.31. The number of aliphatic carboxylic acids is 3. The second-order valence-corrected chi connectivity index (χ2v) is 10.4. The van der Waals surface area contributed by atoms with Crippen LogP contribution in [0.5, 0.6) is 0 Å². The third-order valence-corrected chi connectivity index (χ3v) is 7.94. The molecule has 1 amide bonds. The van der Waals surface area contributed by atoms with Gasteiger partial charge in [-0.25, -0.2) is 9.59 Å². The van der Waals surface area contributed by atoms with Crippen LogP contribution in [0.15, 0.2) is 72.1 Å². The average molecular weight is 568 g/mol. The van der Waals surface area contributed by atoms with E-state index in [0.717, 1.165) is 26.5 Å². The predicted octanol–water partition coefficient (Wildman–Crippen LogP) is 3.71. The van der Waals surface area contributed by atoms with Crippen LogP contribution in [0.2, 0.25) is 0 Å². The Morgan fingerprint density at radius 2 is 1.62 bits per heavy atom. The van der Waals surface area contributed by atoms with Gasteiger partial charge in [0, 0.05) is 16.8 Å². The lowest BCUT2D eigenvalue weighted by Crippen LogP contribution is -2.52. The molecule has 40 heavy (non-hydrogen) atoms. The Kier molecular flexibility index (Phi) is 8.98. The normalized spacial score (nSPS) is 17.6. The lowest BCUT2D eigenvalue weighted by Gasteiger charge is -2.35. The maximum Gasteiger partial charge on any atom is 0.377 e. The summed E-state index contributed by atoms with van der Waals surface area (Å²) in [6.07, 6.45) is -0.368. The number of carboxylic acids is 3. The molecular formula is C29H29NO9S. The molecule has 2 aromatic carbocycles. The van der Waals surface area contributed by atoms with E-state index in [2.05, 4.69) is 0 Å². The summed E-state index contributed by atoms with van der Waals surface area (Å²) in [5.41, 5.74) is 3.03. The Morgan fingerprint density at radius 1 is 1.00 bits per heavy atom. The zero-order chi connectivity index (χ0) is 28.9. The lowest BCUT2D eigenvalue weighted by atomic mass is 9.87. The van der Waals surface area contributed by atoms with E-state index in [1.165, 1.54) is 0 Å². The number of nitrogens with zero attached hydrogens (tertiary/aromatic N) is 1. The second kappa shape index (κ2) is 12.4. The predicted molar refractivity (Wildman–Crippen MR) is 145 cm³/mol. The van der Waals surface area contributed by atoms with Gasteiger partial charge in [0.05, 0.1) is 6.61 Å². The molecule has 0 spiro atoms. The van der Waals surface area contributed by atoms with Gasteiger partial charge >= 0.3 is 23.7 Å². The number of hydrogen-bond acceptors (Lipinski definition) is 7. The van der Waals surface area contributed by atoms with Crippen LogP contribution in [-0.2, 0) is 35.1 Å². The molecule has 0 radical (unpaired) electrons. The maximum absolute atomic E-state index is 13.6. The highest BCUT2D eigenvalue weighted by molar-refractivity contribution is 7.13. The monoisotopic (exact) mass is 567 g/mol. The number of thiophene rings is 1. The molecule has 1 aliphatic heterocycles. The molecule has 1 fully saturated rings. The van der Waals surface area contributed by atoms with E-state index in [1.807, 2.05) is 72.1 Å². The van der Waals surface area contributed by atoms with E-state index in [-0.39, 0.29) is 5.92 Å². The van der Waals surface area contributed by atoms with Gasteiger partial charge in [0.1, 0.15) is 6.54 Å². The minimum atomic E-state index is -3.04. The minimum absolute atomic E-state index is 0.303. The van der Waals surface area contributed by atoms with Gasteiger partial charge in [-0.2, -0.15) is 0 Å². The van der Waals surface area contributed by atoms with Gasteiger partial charge in [-0.1, -0.05) is 60.7 Å². The summed E-state index contributed by atoms with van der Waals surface area (Å²) < 4.78 is 10.0. The van der Waals surface area contributed by atoms with Crippen molar-refractivity contribution in [1.82, 2.24) is 4.90 Å². The van der Waals surface area contributed by atoms with Gasteiger partial charge in [0.2, 0.25) is 0 Å². The van der Waals surface area contributed by atoms with Crippen molar-refractivity contribution in [2.24, 2.45) is 0 Å². The molecule has 0 aliphatic carbocycles. The van der Waals surface area contributed by atoms with Crippen molar-refractivity contribution in [1.29, 1.82) is 0 Å². The second-order valence-electron chi connectivity index (χ2n) is 9.49. The number of ether oxygens (including phenoxy) is 2. The van der Waals surface area contributed by atoms with Gasteiger partial charge in [0.15, 0.2) is 6.10 Å². The number of benzene rings is 2. The standard InChI is InChI=1S/C29H29NO9S/c1-18(30(15-25(31)32)26(33)23-16-38-29(39-23,27(34)35)28(36)37)22(13-12-19-8-4-2-5-9-19)21-14-24(40-17-21)20-10-6-3-7-11-20/h2-11,14,17-18,22-23H,12-13,15-16H2,1H3,(H,31,32)(H,34,35)(H,36,37). The molecule has 1 saturated heterocycles. The zero-order valence-corrected chi connectivity index (χ0v) is 22.5. The van der Waals surface area contributed by atoms with E-state index in [9.17, 15) is 34.5 Å². The fourth-order valence-electron chi connectivity index (χ4n) is 4.82. The van der Waals surface area contributed by atoms with Crippen molar-refractivity contribution < 1.29 is 44.0 Å². The Morgan fingerprint density at radius 3 is 2.20 bits per heavy atom. The average Bonchev–Trinajstić information content (AvgIpc) is 3.62. The Hall–Kier alpha value is -4.06. The molecule has 4 rings (SSSR count). The molecule has 3 unspecified atom stereocenters. The molecule has 1 aliphatic rings. The van der Waals surface area contributed by atoms with E-state index in [4.69, 9.17) is 9.47 Å². The number of amides is 1. The zero-order valence-electron chi connectivity index (χ0n) is 21.6. The number of rotatable bonds is 12. The molecule has 11 heteroatoms. The number of carbonyl (C=O) groups excluding carboxylic acids is 1. The van der Waals surface area contributed by atoms with E-state index >= 15 is 0 Å². The fourth-order valence-corrected chi connectivity index (χ4v) is 5.80. The van der Waals surface area contributed by atoms with Crippen LogP contribution in [0.25, 0.3) is 10.4 Å². The van der Waals surface area contributed by atoms with Crippen LogP contribution in [0, 0.1) is 0 Å². The fraction of sp³-hybridized carbons (Fsp3) is 0.310. The molecule has 10 nitrogen and oxygen atoms in total. The van der Waals surface area contributed by atoms with Gasteiger partial charge in [-0.15, -0.1) is 11.3 Å². The molecule has 3 atom stereocenters. The third kappa shape index (κ3) is 6.22.